The summed E-state index contributed by atoms with van der Waals surface area (Å²) >= 11 is 0. The molecule has 0 bridgehead atoms. The van der Waals surface area contributed by atoms with Crippen LogP contribution in [-0.2, 0) is 0 Å². The Balaban J connectivity index is 2.08. The van der Waals surface area contributed by atoms with Crippen molar-refractivity contribution in [1.82, 2.24) is 9.97 Å². The Bertz CT molecular complexity index is 721. The molecule has 3 aromatic rings. The van der Waals surface area contributed by atoms with E-state index in [-0.39, 0.29) is 0 Å². The largest absolute Gasteiger partial charge is 0.340 e. The normalized spacial score (nSPS) is 10.9. The highest BCUT2D eigenvalue weighted by Crippen LogP contribution is 2.26. The lowest BCUT2D eigenvalue weighted by Crippen LogP contribution is -1.97. The van der Waals surface area contributed by atoms with Gasteiger partial charge in [-0.1, -0.05) is 38.1 Å². The van der Waals surface area contributed by atoms with Crippen LogP contribution >= 0.6 is 0 Å². The van der Waals surface area contributed by atoms with Gasteiger partial charge in [-0.2, -0.15) is 0 Å². The third-order valence-corrected chi connectivity index (χ3v) is 3.36. The lowest BCUT2D eigenvalue weighted by atomic mass is 10.0. The van der Waals surface area contributed by atoms with Gasteiger partial charge in [-0.15, -0.1) is 0 Å². The van der Waals surface area contributed by atoms with Gasteiger partial charge >= 0.3 is 0 Å². The van der Waals surface area contributed by atoms with E-state index in [1.165, 1.54) is 5.56 Å². The van der Waals surface area contributed by atoms with Crippen LogP contribution in [0.25, 0.3) is 10.9 Å². The van der Waals surface area contributed by atoms with E-state index in [1.807, 2.05) is 30.3 Å². The number of hydrogen-bond acceptors (Lipinski definition) is 3. The van der Waals surface area contributed by atoms with Crippen molar-refractivity contribution in [3.63, 3.8) is 0 Å². The molecule has 0 fully saturated rings. The van der Waals surface area contributed by atoms with Gasteiger partial charge in [0.15, 0.2) is 0 Å². The Morgan fingerprint density at radius 3 is 2.50 bits per heavy atom. The van der Waals surface area contributed by atoms with Crippen molar-refractivity contribution in [2.75, 3.05) is 5.32 Å². The van der Waals surface area contributed by atoms with Crippen molar-refractivity contribution >= 4 is 22.4 Å². The summed E-state index contributed by atoms with van der Waals surface area (Å²) in [6.45, 7) is 4.38. The van der Waals surface area contributed by atoms with E-state index in [2.05, 4.69) is 47.3 Å². The predicted molar refractivity (Wildman–Crippen MR) is 83.4 cm³/mol. The summed E-state index contributed by atoms with van der Waals surface area (Å²) in [4.78, 5) is 8.71. The molecule has 0 unspecified atom stereocenters. The van der Waals surface area contributed by atoms with Crippen LogP contribution in [0.4, 0.5) is 11.5 Å². The van der Waals surface area contributed by atoms with Gasteiger partial charge in [0.2, 0.25) is 0 Å². The van der Waals surface area contributed by atoms with Crippen LogP contribution < -0.4 is 5.32 Å². The third-order valence-electron chi connectivity index (χ3n) is 3.36. The zero-order valence-corrected chi connectivity index (χ0v) is 11.7. The van der Waals surface area contributed by atoms with E-state index in [1.54, 1.807) is 6.33 Å². The van der Waals surface area contributed by atoms with Crippen LogP contribution in [0, 0.1) is 0 Å². The molecule has 0 aliphatic heterocycles. The minimum atomic E-state index is 0.490. The molecule has 3 nitrogen and oxygen atoms in total. The summed E-state index contributed by atoms with van der Waals surface area (Å²) in [5, 5.41) is 4.42. The second-order valence-corrected chi connectivity index (χ2v) is 5.14. The number of fused-ring (bicyclic) bond motifs is 1. The predicted octanol–water partition coefficient (Wildman–Crippen LogP) is 4.50. The van der Waals surface area contributed by atoms with E-state index in [9.17, 15) is 0 Å². The van der Waals surface area contributed by atoms with E-state index >= 15 is 0 Å². The smallest absolute Gasteiger partial charge is 0.141 e. The first-order chi connectivity index (χ1) is 9.74. The number of hydrogen-bond donors (Lipinski definition) is 1. The highest BCUT2D eigenvalue weighted by molar-refractivity contribution is 5.91. The summed E-state index contributed by atoms with van der Waals surface area (Å²) in [6.07, 6.45) is 1.60. The average molecular weight is 263 g/mol. The number of nitrogens with zero attached hydrogens (tertiary/aromatic N) is 2. The summed E-state index contributed by atoms with van der Waals surface area (Å²) in [5.74, 6) is 1.34. The van der Waals surface area contributed by atoms with Crippen LogP contribution in [0.5, 0.6) is 0 Å². The summed E-state index contributed by atoms with van der Waals surface area (Å²) < 4.78 is 0. The van der Waals surface area contributed by atoms with Crippen molar-refractivity contribution in [2.24, 2.45) is 0 Å². The lowest BCUT2D eigenvalue weighted by molar-refractivity contribution is 0.868. The fourth-order valence-corrected chi connectivity index (χ4v) is 2.19. The molecule has 2 aromatic carbocycles. The molecule has 0 aliphatic rings. The van der Waals surface area contributed by atoms with Crippen molar-refractivity contribution < 1.29 is 0 Å². The van der Waals surface area contributed by atoms with Gasteiger partial charge in [0, 0.05) is 11.1 Å². The Labute approximate surface area is 118 Å². The first kappa shape index (κ1) is 12.6. The fourth-order valence-electron chi connectivity index (χ4n) is 2.19. The van der Waals surface area contributed by atoms with Gasteiger partial charge in [-0.3, -0.25) is 0 Å². The zero-order valence-electron chi connectivity index (χ0n) is 11.7. The number of anilines is 2. The number of para-hydroxylation sites is 1. The summed E-state index contributed by atoms with van der Waals surface area (Å²) in [6, 6.07) is 16.4. The van der Waals surface area contributed by atoms with Gasteiger partial charge in [-0.05, 0) is 35.7 Å². The molecule has 0 radical (unpaired) electrons. The third kappa shape index (κ3) is 2.48. The number of rotatable bonds is 3. The van der Waals surface area contributed by atoms with Crippen LogP contribution in [0.1, 0.15) is 25.3 Å². The standard InChI is InChI=1S/C17H17N3/c1-12(2)13-8-9-16-15(10-13)17(19-11-18-16)20-14-6-4-3-5-7-14/h3-12H,1-2H3,(H,18,19,20). The molecule has 3 heteroatoms. The molecule has 0 spiro atoms. The van der Waals surface area contributed by atoms with Crippen LogP contribution in [-0.4, -0.2) is 9.97 Å². The molecule has 1 N–H and O–H groups in total. The summed E-state index contributed by atoms with van der Waals surface area (Å²) in [5.41, 5.74) is 3.29. The molecular weight excluding hydrogens is 246 g/mol. The molecule has 1 aromatic heterocycles. The maximum absolute atomic E-state index is 4.38. The molecule has 3 rings (SSSR count). The van der Waals surface area contributed by atoms with Crippen molar-refractivity contribution in [2.45, 2.75) is 19.8 Å². The Kier molecular flexibility index (Phi) is 3.33. The van der Waals surface area contributed by atoms with E-state index in [0.717, 1.165) is 22.4 Å². The molecule has 0 atom stereocenters. The zero-order chi connectivity index (χ0) is 13.9. The summed E-state index contributed by atoms with van der Waals surface area (Å²) in [7, 11) is 0. The molecule has 20 heavy (non-hydrogen) atoms. The molecule has 0 saturated heterocycles. The average Bonchev–Trinajstić information content (AvgIpc) is 2.48. The van der Waals surface area contributed by atoms with Gasteiger partial charge in [0.25, 0.3) is 0 Å². The van der Waals surface area contributed by atoms with E-state index in [0.29, 0.717) is 5.92 Å². The molecule has 0 saturated carbocycles. The second-order valence-electron chi connectivity index (χ2n) is 5.14. The molecule has 1 heterocycles. The van der Waals surface area contributed by atoms with Crippen molar-refractivity contribution in [3.8, 4) is 0 Å². The van der Waals surface area contributed by atoms with Crippen LogP contribution in [0.15, 0.2) is 54.9 Å². The van der Waals surface area contributed by atoms with E-state index in [4.69, 9.17) is 0 Å². The Morgan fingerprint density at radius 1 is 0.950 bits per heavy atom. The number of benzene rings is 2. The highest BCUT2D eigenvalue weighted by atomic mass is 15.0. The van der Waals surface area contributed by atoms with Gasteiger partial charge in [0.05, 0.1) is 5.52 Å². The topological polar surface area (TPSA) is 37.8 Å². The van der Waals surface area contributed by atoms with Crippen molar-refractivity contribution in [1.29, 1.82) is 0 Å². The molecule has 0 amide bonds. The van der Waals surface area contributed by atoms with Gasteiger partial charge < -0.3 is 5.32 Å². The SMILES string of the molecule is CC(C)c1ccc2ncnc(Nc3ccccc3)c2c1. The number of aromatic nitrogens is 2. The minimum Gasteiger partial charge on any atom is -0.340 e. The first-order valence-corrected chi connectivity index (χ1v) is 6.81. The fraction of sp³-hybridized carbons (Fsp3) is 0.176. The maximum Gasteiger partial charge on any atom is 0.141 e. The molecule has 0 aliphatic carbocycles. The quantitative estimate of drug-likeness (QED) is 0.756. The number of nitrogens with one attached hydrogen (secondary N) is 1. The van der Waals surface area contributed by atoms with Crippen molar-refractivity contribution in [3.05, 3.63) is 60.4 Å². The molecule has 100 valence electrons. The second kappa shape index (κ2) is 5.29. The highest BCUT2D eigenvalue weighted by Gasteiger charge is 2.07. The Morgan fingerprint density at radius 2 is 1.75 bits per heavy atom. The monoisotopic (exact) mass is 263 g/mol. The van der Waals surface area contributed by atoms with Crippen LogP contribution in [0.3, 0.4) is 0 Å². The van der Waals surface area contributed by atoms with Gasteiger partial charge in [0.1, 0.15) is 12.1 Å². The van der Waals surface area contributed by atoms with Gasteiger partial charge in [-0.25, -0.2) is 9.97 Å². The van der Waals surface area contributed by atoms with Crippen LogP contribution in [0.2, 0.25) is 0 Å². The van der Waals surface area contributed by atoms with E-state index < -0.39 is 0 Å². The lowest BCUT2D eigenvalue weighted by Gasteiger charge is -2.11. The minimum absolute atomic E-state index is 0.490. The maximum atomic E-state index is 4.38. The molecular formula is C17H17N3. The Hall–Kier alpha value is -2.42. The first-order valence-electron chi connectivity index (χ1n) is 6.81.